The van der Waals surface area contributed by atoms with Crippen molar-refractivity contribution in [1.29, 1.82) is 5.26 Å². The third-order valence-electron chi connectivity index (χ3n) is 1.59. The van der Waals surface area contributed by atoms with Crippen molar-refractivity contribution in [3.63, 3.8) is 0 Å². The molecule has 1 rings (SSSR count). The summed E-state index contributed by atoms with van der Waals surface area (Å²) in [5.41, 5.74) is 0.783. The Kier molecular flexibility index (Phi) is 2.50. The number of nitrogens with zero attached hydrogens (tertiary/aromatic N) is 1. The smallest absolute Gasteiger partial charge is 0.335 e. The maximum absolute atomic E-state index is 10.6. The molecule has 0 aliphatic carbocycles. The zero-order valence-electron chi connectivity index (χ0n) is 6.94. The van der Waals surface area contributed by atoms with Gasteiger partial charge in [0.15, 0.2) is 0 Å². The largest absolute Gasteiger partial charge is 0.478 e. The minimum atomic E-state index is -0.985. The van der Waals surface area contributed by atoms with Crippen LogP contribution < -0.4 is 4.74 Å². The highest BCUT2D eigenvalue weighted by atomic mass is 16.5. The van der Waals surface area contributed by atoms with Crippen LogP contribution in [0.4, 0.5) is 0 Å². The van der Waals surface area contributed by atoms with Crippen LogP contribution >= 0.6 is 0 Å². The molecule has 0 aromatic heterocycles. The van der Waals surface area contributed by atoms with Gasteiger partial charge < -0.3 is 9.84 Å². The van der Waals surface area contributed by atoms with Crippen LogP contribution in [0.3, 0.4) is 0 Å². The first kappa shape index (κ1) is 9.07. The molecule has 1 aromatic carbocycles. The zero-order chi connectivity index (χ0) is 9.84. The molecule has 0 saturated heterocycles. The van der Waals surface area contributed by atoms with Crippen LogP contribution in [0.2, 0.25) is 0 Å². The van der Waals surface area contributed by atoms with Crippen molar-refractivity contribution >= 4 is 5.97 Å². The third-order valence-corrected chi connectivity index (χ3v) is 1.59. The Morgan fingerprint density at radius 1 is 1.62 bits per heavy atom. The number of carboxylic acid groups (broad SMARTS) is 1. The van der Waals surface area contributed by atoms with E-state index in [1.54, 1.807) is 6.92 Å². The van der Waals surface area contributed by atoms with Crippen LogP contribution in [0.15, 0.2) is 18.2 Å². The number of ether oxygens (including phenoxy) is 1. The lowest BCUT2D eigenvalue weighted by Crippen LogP contribution is -1.99. The summed E-state index contributed by atoms with van der Waals surface area (Å²) in [6.07, 6.45) is 1.51. The van der Waals surface area contributed by atoms with Crippen LogP contribution in [0.5, 0.6) is 5.75 Å². The van der Waals surface area contributed by atoms with E-state index in [0.717, 1.165) is 0 Å². The highest BCUT2D eigenvalue weighted by Gasteiger charge is 2.07. The fourth-order valence-electron chi connectivity index (χ4n) is 0.992. The minimum absolute atomic E-state index is 0.213. The summed E-state index contributed by atoms with van der Waals surface area (Å²) in [5.74, 6) is -0.633. The molecule has 0 amide bonds. The molecule has 0 spiro atoms. The lowest BCUT2D eigenvalue weighted by molar-refractivity contribution is 0.0696. The Morgan fingerprint density at radius 2 is 2.31 bits per heavy atom. The van der Waals surface area contributed by atoms with Gasteiger partial charge in [0, 0.05) is 0 Å². The Balaban J connectivity index is 3.07. The molecule has 1 aromatic rings. The summed E-state index contributed by atoms with van der Waals surface area (Å²) in [5, 5.41) is 16.9. The summed E-state index contributed by atoms with van der Waals surface area (Å²) in [6, 6.07) is 4.36. The van der Waals surface area contributed by atoms with Gasteiger partial charge in [0.2, 0.25) is 0 Å². The molecular formula is C9H7NO3. The van der Waals surface area contributed by atoms with Gasteiger partial charge in [-0.3, -0.25) is 0 Å². The fourth-order valence-corrected chi connectivity index (χ4v) is 0.992. The standard InChI is InChI=1S/C9H7NO3/c1-6-4-7(13-5-10)2-3-8(6)9(11)12/h2-4H,1H3,(H,11,12). The fraction of sp³-hybridized carbons (Fsp3) is 0.111. The molecule has 0 fully saturated rings. The van der Waals surface area contributed by atoms with Gasteiger partial charge in [-0.2, -0.15) is 0 Å². The number of nitriles is 1. The molecule has 0 aliphatic heterocycles. The second-order valence-corrected chi connectivity index (χ2v) is 2.48. The molecule has 4 nitrogen and oxygen atoms in total. The molecule has 0 bridgehead atoms. The summed E-state index contributed by atoms with van der Waals surface area (Å²) < 4.78 is 4.53. The molecule has 1 N–H and O–H groups in total. The number of aromatic carboxylic acids is 1. The number of rotatable bonds is 2. The second kappa shape index (κ2) is 3.59. The Morgan fingerprint density at radius 3 is 2.77 bits per heavy atom. The van der Waals surface area contributed by atoms with Gasteiger partial charge in [0.1, 0.15) is 5.75 Å². The van der Waals surface area contributed by atoms with Crippen molar-refractivity contribution in [2.24, 2.45) is 0 Å². The topological polar surface area (TPSA) is 70.3 Å². The van der Waals surface area contributed by atoms with Crippen LogP contribution in [-0.2, 0) is 0 Å². The molecule has 0 radical (unpaired) electrons. The van der Waals surface area contributed by atoms with Crippen molar-refractivity contribution < 1.29 is 14.6 Å². The molecule has 0 atom stereocenters. The predicted octanol–water partition coefficient (Wildman–Crippen LogP) is 1.55. The number of aryl methyl sites for hydroxylation is 1. The SMILES string of the molecule is Cc1cc(OC#N)ccc1C(=O)O. The first-order valence-corrected chi connectivity index (χ1v) is 3.55. The quantitative estimate of drug-likeness (QED) is 0.696. The number of hydrogen-bond donors (Lipinski definition) is 1. The van der Waals surface area contributed by atoms with E-state index in [4.69, 9.17) is 10.4 Å². The van der Waals surface area contributed by atoms with Gasteiger partial charge in [-0.05, 0) is 30.7 Å². The predicted molar refractivity (Wildman–Crippen MR) is 44.4 cm³/mol. The Labute approximate surface area is 75.0 Å². The van der Waals surface area contributed by atoms with E-state index < -0.39 is 5.97 Å². The van der Waals surface area contributed by atoms with Crippen molar-refractivity contribution in [1.82, 2.24) is 0 Å². The van der Waals surface area contributed by atoms with Gasteiger partial charge in [-0.25, -0.2) is 4.79 Å². The van der Waals surface area contributed by atoms with Gasteiger partial charge in [0.05, 0.1) is 5.56 Å². The van der Waals surface area contributed by atoms with E-state index in [1.807, 2.05) is 0 Å². The summed E-state index contributed by atoms with van der Waals surface area (Å²) in [4.78, 5) is 10.6. The van der Waals surface area contributed by atoms with Gasteiger partial charge in [-0.1, -0.05) is 0 Å². The molecule has 0 unspecified atom stereocenters. The molecule has 66 valence electrons. The van der Waals surface area contributed by atoms with Crippen LogP contribution in [-0.4, -0.2) is 11.1 Å². The maximum Gasteiger partial charge on any atom is 0.335 e. The molecular weight excluding hydrogens is 170 g/mol. The van der Waals surface area contributed by atoms with Crippen LogP contribution in [0, 0.1) is 18.4 Å². The molecule has 13 heavy (non-hydrogen) atoms. The average molecular weight is 177 g/mol. The normalized spacial score (nSPS) is 8.92. The van der Waals surface area contributed by atoms with E-state index in [0.29, 0.717) is 11.3 Å². The minimum Gasteiger partial charge on any atom is -0.478 e. The highest BCUT2D eigenvalue weighted by molar-refractivity contribution is 5.89. The zero-order valence-corrected chi connectivity index (χ0v) is 6.94. The van der Waals surface area contributed by atoms with Crippen molar-refractivity contribution in [3.05, 3.63) is 29.3 Å². The molecule has 4 heteroatoms. The lowest BCUT2D eigenvalue weighted by atomic mass is 10.1. The molecule has 0 saturated carbocycles. The number of carbonyl (C=O) groups is 1. The van der Waals surface area contributed by atoms with Crippen molar-refractivity contribution in [2.75, 3.05) is 0 Å². The third kappa shape index (κ3) is 1.97. The summed E-state index contributed by atoms with van der Waals surface area (Å²) in [7, 11) is 0. The summed E-state index contributed by atoms with van der Waals surface area (Å²) >= 11 is 0. The van der Waals surface area contributed by atoms with Crippen molar-refractivity contribution in [3.8, 4) is 12.0 Å². The number of carboxylic acids is 1. The molecule has 0 aliphatic rings. The van der Waals surface area contributed by atoms with E-state index in [2.05, 4.69) is 4.74 Å². The molecule has 0 heterocycles. The number of benzene rings is 1. The van der Waals surface area contributed by atoms with Gasteiger partial charge in [-0.15, -0.1) is 5.26 Å². The number of hydrogen-bond acceptors (Lipinski definition) is 3. The average Bonchev–Trinajstić information content (AvgIpc) is 2.04. The first-order chi connectivity index (χ1) is 6.15. The lowest BCUT2D eigenvalue weighted by Gasteiger charge is -2.01. The van der Waals surface area contributed by atoms with E-state index >= 15 is 0 Å². The monoisotopic (exact) mass is 177 g/mol. The highest BCUT2D eigenvalue weighted by Crippen LogP contribution is 2.16. The maximum atomic E-state index is 10.6. The first-order valence-electron chi connectivity index (χ1n) is 3.55. The van der Waals surface area contributed by atoms with Gasteiger partial charge in [0.25, 0.3) is 6.26 Å². The van der Waals surface area contributed by atoms with Crippen molar-refractivity contribution in [2.45, 2.75) is 6.92 Å². The Hall–Kier alpha value is -2.02. The van der Waals surface area contributed by atoms with Crippen LogP contribution in [0.1, 0.15) is 15.9 Å². The van der Waals surface area contributed by atoms with Crippen LogP contribution in [0.25, 0.3) is 0 Å². The Bertz CT molecular complexity index is 379. The second-order valence-electron chi connectivity index (χ2n) is 2.48. The van der Waals surface area contributed by atoms with E-state index in [-0.39, 0.29) is 5.56 Å². The summed E-state index contributed by atoms with van der Waals surface area (Å²) in [6.45, 7) is 1.65. The van der Waals surface area contributed by atoms with Gasteiger partial charge >= 0.3 is 5.97 Å². The van der Waals surface area contributed by atoms with E-state index in [9.17, 15) is 4.79 Å². The van der Waals surface area contributed by atoms with E-state index in [1.165, 1.54) is 24.5 Å².